The second-order valence-electron chi connectivity index (χ2n) is 4.51. The van der Waals surface area contributed by atoms with Crippen LogP contribution in [0, 0.1) is 17.0 Å². The van der Waals surface area contributed by atoms with Gasteiger partial charge in [-0.15, -0.1) is 0 Å². The number of methoxy groups -OCH3 is 1. The number of hydrogen-bond acceptors (Lipinski definition) is 3. The number of rotatable bonds is 3. The average molecular weight is 269 g/mol. The Hall–Kier alpha value is -1.98. The van der Waals surface area contributed by atoms with Gasteiger partial charge in [0.05, 0.1) is 7.11 Å². The van der Waals surface area contributed by atoms with E-state index in [1.807, 2.05) is 0 Å². The predicted molar refractivity (Wildman–Crippen MR) is 63.3 cm³/mol. The van der Waals surface area contributed by atoms with Crippen molar-refractivity contribution in [3.05, 3.63) is 29.8 Å². The molecule has 0 aliphatic heterocycles. The van der Waals surface area contributed by atoms with Gasteiger partial charge in [-0.05, 0) is 25.0 Å². The Balaban J connectivity index is 2.16. The van der Waals surface area contributed by atoms with Crippen molar-refractivity contribution in [2.45, 2.75) is 19.3 Å². The molecule has 1 aromatic rings. The minimum absolute atomic E-state index is 0.110. The first-order valence-electron chi connectivity index (χ1n) is 5.84. The van der Waals surface area contributed by atoms with E-state index in [0.717, 1.165) is 18.6 Å². The van der Waals surface area contributed by atoms with E-state index >= 15 is 0 Å². The Labute approximate surface area is 108 Å². The van der Waals surface area contributed by atoms with Gasteiger partial charge in [-0.1, -0.05) is 6.42 Å². The van der Waals surface area contributed by atoms with Gasteiger partial charge in [-0.25, -0.2) is 8.78 Å². The first-order chi connectivity index (χ1) is 8.99. The molecule has 0 unspecified atom stereocenters. The molecule has 1 amide bonds. The standard InChI is InChI=1S/C13H13F2NO3/c1-19-12(18)13(5-2-6-13)11(17)16-8-3-4-9(14)10(15)7-8/h3-4,7H,2,5-6H2,1H3,(H,16,17). The number of ether oxygens (including phenoxy) is 1. The highest BCUT2D eigenvalue weighted by Gasteiger charge is 2.52. The van der Waals surface area contributed by atoms with Gasteiger partial charge in [-0.3, -0.25) is 9.59 Å². The smallest absolute Gasteiger partial charge is 0.321 e. The lowest BCUT2D eigenvalue weighted by molar-refractivity contribution is -0.163. The Morgan fingerprint density at radius 1 is 1.26 bits per heavy atom. The predicted octanol–water partition coefficient (Wildman–Crippen LogP) is 2.25. The SMILES string of the molecule is COC(=O)C1(C(=O)Nc2ccc(F)c(F)c2)CCC1. The fraction of sp³-hybridized carbons (Fsp3) is 0.385. The summed E-state index contributed by atoms with van der Waals surface area (Å²) in [4.78, 5) is 23.7. The largest absolute Gasteiger partial charge is 0.468 e. The van der Waals surface area contributed by atoms with Crippen LogP contribution in [0.25, 0.3) is 0 Å². The van der Waals surface area contributed by atoms with Gasteiger partial charge in [0.2, 0.25) is 5.91 Å². The first-order valence-corrected chi connectivity index (χ1v) is 5.84. The van der Waals surface area contributed by atoms with Crippen LogP contribution in [0.1, 0.15) is 19.3 Å². The third kappa shape index (κ3) is 2.30. The van der Waals surface area contributed by atoms with Crippen molar-refractivity contribution in [3.8, 4) is 0 Å². The molecule has 102 valence electrons. The van der Waals surface area contributed by atoms with Gasteiger partial charge in [-0.2, -0.15) is 0 Å². The van der Waals surface area contributed by atoms with E-state index in [1.165, 1.54) is 13.2 Å². The van der Waals surface area contributed by atoms with Crippen LogP contribution in [-0.2, 0) is 14.3 Å². The normalized spacial score (nSPS) is 16.4. The zero-order chi connectivity index (χ0) is 14.0. The van der Waals surface area contributed by atoms with E-state index in [9.17, 15) is 18.4 Å². The highest BCUT2D eigenvalue weighted by molar-refractivity contribution is 6.09. The summed E-state index contributed by atoms with van der Waals surface area (Å²) in [6.07, 6.45) is 1.55. The molecule has 1 N–H and O–H groups in total. The molecule has 19 heavy (non-hydrogen) atoms. The van der Waals surface area contributed by atoms with E-state index in [4.69, 9.17) is 0 Å². The van der Waals surface area contributed by atoms with Crippen molar-refractivity contribution in [2.24, 2.45) is 5.41 Å². The average Bonchev–Trinajstić information content (AvgIpc) is 2.32. The number of halogens is 2. The number of amides is 1. The number of esters is 1. The monoisotopic (exact) mass is 269 g/mol. The summed E-state index contributed by atoms with van der Waals surface area (Å²) in [6.45, 7) is 0. The van der Waals surface area contributed by atoms with Crippen molar-refractivity contribution < 1.29 is 23.1 Å². The van der Waals surface area contributed by atoms with Crippen LogP contribution in [-0.4, -0.2) is 19.0 Å². The van der Waals surface area contributed by atoms with Gasteiger partial charge >= 0.3 is 5.97 Å². The van der Waals surface area contributed by atoms with E-state index in [-0.39, 0.29) is 5.69 Å². The number of hydrogen-bond donors (Lipinski definition) is 1. The number of benzene rings is 1. The quantitative estimate of drug-likeness (QED) is 0.676. The molecule has 1 fully saturated rings. The summed E-state index contributed by atoms with van der Waals surface area (Å²) in [5.41, 5.74) is -1.08. The zero-order valence-electron chi connectivity index (χ0n) is 10.3. The molecule has 0 aromatic heterocycles. The summed E-state index contributed by atoms with van der Waals surface area (Å²) in [5, 5.41) is 2.42. The Kier molecular flexibility index (Phi) is 3.50. The molecular weight excluding hydrogens is 256 g/mol. The molecule has 0 radical (unpaired) electrons. The molecule has 1 aliphatic carbocycles. The summed E-state index contributed by atoms with van der Waals surface area (Å²) in [7, 11) is 1.22. The Bertz CT molecular complexity index is 527. The van der Waals surface area contributed by atoms with Crippen LogP contribution >= 0.6 is 0 Å². The first kappa shape index (κ1) is 13.5. The van der Waals surface area contributed by atoms with Crippen LogP contribution in [0.4, 0.5) is 14.5 Å². The maximum atomic E-state index is 13.0. The molecule has 4 nitrogen and oxygen atoms in total. The summed E-state index contributed by atoms with van der Waals surface area (Å²) < 4.78 is 30.4. The summed E-state index contributed by atoms with van der Waals surface area (Å²) >= 11 is 0. The highest BCUT2D eigenvalue weighted by Crippen LogP contribution is 2.43. The number of carbonyl (C=O) groups excluding carboxylic acids is 2. The zero-order valence-corrected chi connectivity index (χ0v) is 10.3. The molecule has 0 saturated heterocycles. The molecule has 0 bridgehead atoms. The maximum Gasteiger partial charge on any atom is 0.321 e. The number of carbonyl (C=O) groups is 2. The number of anilines is 1. The maximum absolute atomic E-state index is 13.0. The fourth-order valence-corrected chi connectivity index (χ4v) is 2.07. The van der Waals surface area contributed by atoms with E-state index in [2.05, 4.69) is 10.1 Å². The Morgan fingerprint density at radius 3 is 2.42 bits per heavy atom. The van der Waals surface area contributed by atoms with E-state index in [0.29, 0.717) is 12.8 Å². The van der Waals surface area contributed by atoms with Gasteiger partial charge in [0.15, 0.2) is 11.6 Å². The topological polar surface area (TPSA) is 55.4 Å². The number of nitrogens with one attached hydrogen (secondary N) is 1. The molecule has 0 atom stereocenters. The third-order valence-corrected chi connectivity index (χ3v) is 3.40. The lowest BCUT2D eigenvalue weighted by Crippen LogP contribution is -2.48. The van der Waals surface area contributed by atoms with Gasteiger partial charge in [0, 0.05) is 11.8 Å². The molecular formula is C13H13F2NO3. The molecule has 1 aliphatic rings. The van der Waals surface area contributed by atoms with Crippen molar-refractivity contribution in [1.82, 2.24) is 0 Å². The van der Waals surface area contributed by atoms with Crippen LogP contribution < -0.4 is 5.32 Å². The summed E-state index contributed by atoms with van der Waals surface area (Å²) in [6, 6.07) is 3.02. The summed E-state index contributed by atoms with van der Waals surface area (Å²) in [5.74, 6) is -3.20. The lowest BCUT2D eigenvalue weighted by atomic mass is 9.68. The molecule has 0 spiro atoms. The van der Waals surface area contributed by atoms with Crippen LogP contribution in [0.3, 0.4) is 0 Å². The van der Waals surface area contributed by atoms with Gasteiger partial charge in [0.1, 0.15) is 5.41 Å². The van der Waals surface area contributed by atoms with Crippen molar-refractivity contribution in [2.75, 3.05) is 12.4 Å². The van der Waals surface area contributed by atoms with Gasteiger partial charge < -0.3 is 10.1 Å². The second-order valence-corrected chi connectivity index (χ2v) is 4.51. The minimum atomic E-state index is -1.19. The minimum Gasteiger partial charge on any atom is -0.468 e. The van der Waals surface area contributed by atoms with Crippen molar-refractivity contribution >= 4 is 17.6 Å². The fourth-order valence-electron chi connectivity index (χ4n) is 2.07. The molecule has 1 saturated carbocycles. The molecule has 6 heteroatoms. The van der Waals surface area contributed by atoms with E-state index in [1.54, 1.807) is 0 Å². The second kappa shape index (κ2) is 4.95. The van der Waals surface area contributed by atoms with Crippen molar-refractivity contribution in [1.29, 1.82) is 0 Å². The highest BCUT2D eigenvalue weighted by atomic mass is 19.2. The molecule has 2 rings (SSSR count). The van der Waals surface area contributed by atoms with Crippen LogP contribution in [0.2, 0.25) is 0 Å². The van der Waals surface area contributed by atoms with Crippen molar-refractivity contribution in [3.63, 3.8) is 0 Å². The van der Waals surface area contributed by atoms with Gasteiger partial charge in [0.25, 0.3) is 0 Å². The van der Waals surface area contributed by atoms with E-state index < -0.39 is 28.9 Å². The molecule has 0 heterocycles. The lowest BCUT2D eigenvalue weighted by Gasteiger charge is -2.36. The van der Waals surface area contributed by atoms with Crippen LogP contribution in [0.5, 0.6) is 0 Å². The Morgan fingerprint density at radius 2 is 1.95 bits per heavy atom. The third-order valence-electron chi connectivity index (χ3n) is 3.40. The molecule has 1 aromatic carbocycles. The van der Waals surface area contributed by atoms with Crippen LogP contribution in [0.15, 0.2) is 18.2 Å².